The van der Waals surface area contributed by atoms with Gasteiger partial charge in [-0.3, -0.25) is 0 Å². The molecule has 35 heavy (non-hydrogen) atoms. The summed E-state index contributed by atoms with van der Waals surface area (Å²) in [6, 6.07) is 31.6. The standard InChI is InChI=1S/C32H35N3/c1-2-35-31-15-13-27(25-11-3-7-23(19-25)9-5-17-33)21-29(31)30-22-28(14-16-32(30)35)26-12-4-8-24(20-26)10-6-18-34/h3-4,7-8,11-16,19-22H,2,5-6,9-10,17-18,33-34H2,1H3. The molecule has 3 heteroatoms. The third kappa shape index (κ3) is 4.75. The molecule has 0 amide bonds. The minimum atomic E-state index is 0.727. The van der Waals surface area contributed by atoms with Gasteiger partial charge in [0, 0.05) is 28.4 Å². The number of hydrogen-bond donors (Lipinski definition) is 2. The lowest BCUT2D eigenvalue weighted by molar-refractivity contribution is 0.827. The molecule has 0 aliphatic rings. The van der Waals surface area contributed by atoms with Crippen molar-refractivity contribution in [3.8, 4) is 22.3 Å². The molecule has 0 aliphatic carbocycles. The lowest BCUT2D eigenvalue weighted by Crippen LogP contribution is -2.00. The highest BCUT2D eigenvalue weighted by atomic mass is 15.0. The molecule has 3 nitrogen and oxygen atoms in total. The molecule has 5 rings (SSSR count). The first-order valence-electron chi connectivity index (χ1n) is 12.9. The fraction of sp³-hybridized carbons (Fsp3) is 0.250. The number of hydrogen-bond acceptors (Lipinski definition) is 2. The van der Waals surface area contributed by atoms with Gasteiger partial charge in [0.05, 0.1) is 0 Å². The van der Waals surface area contributed by atoms with Crippen molar-refractivity contribution < 1.29 is 0 Å². The largest absolute Gasteiger partial charge is 0.341 e. The molecule has 0 bridgehead atoms. The summed E-state index contributed by atoms with van der Waals surface area (Å²) in [7, 11) is 0. The maximum Gasteiger partial charge on any atom is 0.0491 e. The fourth-order valence-electron chi connectivity index (χ4n) is 5.23. The van der Waals surface area contributed by atoms with E-state index in [2.05, 4.69) is 96.4 Å². The van der Waals surface area contributed by atoms with E-state index in [4.69, 9.17) is 11.5 Å². The summed E-state index contributed by atoms with van der Waals surface area (Å²) in [6.45, 7) is 4.63. The molecule has 0 unspecified atom stereocenters. The van der Waals surface area contributed by atoms with Crippen LogP contribution >= 0.6 is 0 Å². The molecule has 1 heterocycles. The summed E-state index contributed by atoms with van der Waals surface area (Å²) in [6.07, 6.45) is 4.08. The van der Waals surface area contributed by atoms with Crippen LogP contribution in [0.1, 0.15) is 30.9 Å². The predicted molar refractivity (Wildman–Crippen MR) is 151 cm³/mol. The zero-order chi connectivity index (χ0) is 24.2. The van der Waals surface area contributed by atoms with E-state index in [1.54, 1.807) is 0 Å². The van der Waals surface area contributed by atoms with Gasteiger partial charge in [-0.1, -0.05) is 60.7 Å². The smallest absolute Gasteiger partial charge is 0.0491 e. The molecule has 4 N–H and O–H groups in total. The van der Waals surface area contributed by atoms with Gasteiger partial charge in [-0.05, 0) is 103 Å². The quantitative estimate of drug-likeness (QED) is 0.250. The maximum atomic E-state index is 5.73. The van der Waals surface area contributed by atoms with E-state index in [1.807, 2.05) is 0 Å². The molecule has 0 aliphatic heterocycles. The van der Waals surface area contributed by atoms with Crippen molar-refractivity contribution in [1.82, 2.24) is 4.57 Å². The Morgan fingerprint density at radius 2 is 1.03 bits per heavy atom. The van der Waals surface area contributed by atoms with Crippen molar-refractivity contribution in [2.24, 2.45) is 11.5 Å². The number of fused-ring (bicyclic) bond motifs is 3. The van der Waals surface area contributed by atoms with E-state index < -0.39 is 0 Å². The fourth-order valence-corrected chi connectivity index (χ4v) is 5.23. The zero-order valence-corrected chi connectivity index (χ0v) is 20.6. The summed E-state index contributed by atoms with van der Waals surface area (Å²) in [5.74, 6) is 0. The van der Waals surface area contributed by atoms with Crippen LogP contribution in [0.5, 0.6) is 0 Å². The summed E-state index contributed by atoms with van der Waals surface area (Å²) < 4.78 is 2.42. The van der Waals surface area contributed by atoms with E-state index >= 15 is 0 Å². The molecule has 1 aromatic heterocycles. The summed E-state index contributed by atoms with van der Waals surface area (Å²) in [5.41, 5.74) is 21.8. The molecule has 178 valence electrons. The minimum Gasteiger partial charge on any atom is -0.341 e. The van der Waals surface area contributed by atoms with Gasteiger partial charge in [0.1, 0.15) is 0 Å². The Morgan fingerprint density at radius 1 is 0.571 bits per heavy atom. The average molecular weight is 462 g/mol. The van der Waals surface area contributed by atoms with Gasteiger partial charge in [-0.2, -0.15) is 0 Å². The monoisotopic (exact) mass is 461 g/mol. The van der Waals surface area contributed by atoms with E-state index in [1.165, 1.54) is 55.2 Å². The van der Waals surface area contributed by atoms with Gasteiger partial charge in [0.25, 0.3) is 0 Å². The van der Waals surface area contributed by atoms with Crippen LogP contribution in [-0.4, -0.2) is 17.7 Å². The highest BCUT2D eigenvalue weighted by molar-refractivity contribution is 6.10. The second-order valence-electron chi connectivity index (χ2n) is 9.39. The topological polar surface area (TPSA) is 57.0 Å². The summed E-state index contributed by atoms with van der Waals surface area (Å²) in [4.78, 5) is 0. The van der Waals surface area contributed by atoms with Crippen LogP contribution in [0.15, 0.2) is 84.9 Å². The van der Waals surface area contributed by atoms with Crippen molar-refractivity contribution in [3.05, 3.63) is 96.1 Å². The first-order valence-corrected chi connectivity index (χ1v) is 12.9. The van der Waals surface area contributed by atoms with Gasteiger partial charge in [-0.15, -0.1) is 0 Å². The van der Waals surface area contributed by atoms with Gasteiger partial charge in [0.2, 0.25) is 0 Å². The number of nitrogens with zero attached hydrogens (tertiary/aromatic N) is 1. The molecule has 4 aromatic carbocycles. The van der Waals surface area contributed by atoms with E-state index in [0.29, 0.717) is 0 Å². The third-order valence-electron chi connectivity index (χ3n) is 7.04. The van der Waals surface area contributed by atoms with Gasteiger partial charge < -0.3 is 16.0 Å². The molecule has 5 aromatic rings. The molecular formula is C32H35N3. The van der Waals surface area contributed by atoms with Crippen LogP contribution in [0.3, 0.4) is 0 Å². The third-order valence-corrected chi connectivity index (χ3v) is 7.04. The zero-order valence-electron chi connectivity index (χ0n) is 20.6. The lowest BCUT2D eigenvalue weighted by atomic mass is 9.97. The van der Waals surface area contributed by atoms with E-state index in [-0.39, 0.29) is 0 Å². The van der Waals surface area contributed by atoms with E-state index in [0.717, 1.165) is 45.3 Å². The predicted octanol–water partition coefficient (Wildman–Crippen LogP) is 6.93. The number of benzene rings is 4. The maximum absolute atomic E-state index is 5.73. The molecule has 0 fully saturated rings. The first kappa shape index (κ1) is 23.3. The Hall–Kier alpha value is -3.40. The Bertz CT molecular complexity index is 1350. The highest BCUT2D eigenvalue weighted by Gasteiger charge is 2.13. The average Bonchev–Trinajstić information content (AvgIpc) is 3.23. The van der Waals surface area contributed by atoms with Crippen molar-refractivity contribution in [2.45, 2.75) is 39.2 Å². The second-order valence-corrected chi connectivity index (χ2v) is 9.39. The normalized spacial score (nSPS) is 11.5. The lowest BCUT2D eigenvalue weighted by Gasteiger charge is -2.07. The van der Waals surface area contributed by atoms with Crippen LogP contribution in [0, 0.1) is 0 Å². The Kier molecular flexibility index (Phi) is 6.98. The molecule has 0 radical (unpaired) electrons. The van der Waals surface area contributed by atoms with Gasteiger partial charge in [0.15, 0.2) is 0 Å². The number of rotatable bonds is 9. The van der Waals surface area contributed by atoms with Crippen LogP contribution in [0.25, 0.3) is 44.1 Å². The first-order chi connectivity index (χ1) is 17.2. The van der Waals surface area contributed by atoms with Crippen molar-refractivity contribution >= 4 is 21.8 Å². The molecule has 0 spiro atoms. The second kappa shape index (κ2) is 10.5. The highest BCUT2D eigenvalue weighted by Crippen LogP contribution is 2.35. The summed E-state index contributed by atoms with van der Waals surface area (Å²) in [5, 5.41) is 2.63. The Labute approximate surface area is 208 Å². The SMILES string of the molecule is CCn1c2ccc(-c3cccc(CCCN)c3)cc2c2cc(-c3cccc(CCCN)c3)ccc21. The van der Waals surface area contributed by atoms with Crippen LogP contribution in [-0.2, 0) is 19.4 Å². The molecule has 0 atom stereocenters. The number of aryl methyl sites for hydroxylation is 3. The minimum absolute atomic E-state index is 0.727. The van der Waals surface area contributed by atoms with Gasteiger partial charge in [-0.25, -0.2) is 0 Å². The Morgan fingerprint density at radius 3 is 1.46 bits per heavy atom. The van der Waals surface area contributed by atoms with Crippen LogP contribution in [0.2, 0.25) is 0 Å². The molecule has 0 saturated heterocycles. The van der Waals surface area contributed by atoms with Gasteiger partial charge >= 0.3 is 0 Å². The number of nitrogens with two attached hydrogens (primary N) is 2. The Balaban J connectivity index is 1.61. The van der Waals surface area contributed by atoms with Crippen LogP contribution in [0.4, 0.5) is 0 Å². The van der Waals surface area contributed by atoms with Crippen molar-refractivity contribution in [3.63, 3.8) is 0 Å². The van der Waals surface area contributed by atoms with Crippen molar-refractivity contribution in [1.29, 1.82) is 0 Å². The van der Waals surface area contributed by atoms with Crippen LogP contribution < -0.4 is 11.5 Å². The van der Waals surface area contributed by atoms with E-state index in [9.17, 15) is 0 Å². The molecular weight excluding hydrogens is 426 g/mol. The molecule has 0 saturated carbocycles. The van der Waals surface area contributed by atoms with Crippen molar-refractivity contribution in [2.75, 3.05) is 13.1 Å². The number of aromatic nitrogens is 1. The summed E-state index contributed by atoms with van der Waals surface area (Å²) >= 11 is 0.